The molecule has 0 spiro atoms. The highest BCUT2D eigenvalue weighted by Gasteiger charge is 2.36. The summed E-state index contributed by atoms with van der Waals surface area (Å²) in [6.07, 6.45) is 1.50. The van der Waals surface area contributed by atoms with Crippen molar-refractivity contribution in [1.29, 1.82) is 0 Å². The summed E-state index contributed by atoms with van der Waals surface area (Å²) < 4.78 is 10.5. The second kappa shape index (κ2) is 10.3. The van der Waals surface area contributed by atoms with Gasteiger partial charge in [0, 0.05) is 0 Å². The molecule has 0 unspecified atom stereocenters. The zero-order chi connectivity index (χ0) is 23.3. The number of hydrogen-bond acceptors (Lipinski definition) is 7. The van der Waals surface area contributed by atoms with Gasteiger partial charge in [-0.05, 0) is 60.2 Å². The quantitative estimate of drug-likeness (QED) is 0.446. The van der Waals surface area contributed by atoms with E-state index in [9.17, 15) is 19.2 Å². The number of ether oxygens (including phenoxy) is 2. The van der Waals surface area contributed by atoms with Crippen LogP contribution in [0.25, 0.3) is 6.08 Å². The lowest BCUT2D eigenvalue weighted by Crippen LogP contribution is -2.34. The van der Waals surface area contributed by atoms with Crippen LogP contribution >= 0.6 is 23.4 Å². The molecule has 0 saturated carbocycles. The molecule has 0 aliphatic carbocycles. The van der Waals surface area contributed by atoms with E-state index in [1.165, 1.54) is 18.2 Å². The van der Waals surface area contributed by atoms with E-state index in [0.717, 1.165) is 16.7 Å². The van der Waals surface area contributed by atoms with E-state index in [1.54, 1.807) is 37.3 Å². The summed E-state index contributed by atoms with van der Waals surface area (Å²) in [5.74, 6) is -1.89. The first-order valence-corrected chi connectivity index (χ1v) is 10.6. The molecule has 0 atom stereocenters. The molecule has 1 saturated heterocycles. The van der Waals surface area contributed by atoms with Gasteiger partial charge in [-0.15, -0.1) is 0 Å². The summed E-state index contributed by atoms with van der Waals surface area (Å²) in [4.78, 5) is 48.2. The van der Waals surface area contributed by atoms with Gasteiger partial charge < -0.3 is 14.6 Å². The Balaban J connectivity index is 1.68. The molecule has 2 aromatic rings. The first-order valence-electron chi connectivity index (χ1n) is 9.44. The zero-order valence-corrected chi connectivity index (χ0v) is 18.4. The third-order valence-electron chi connectivity index (χ3n) is 4.29. The van der Waals surface area contributed by atoms with Gasteiger partial charge in [0.2, 0.25) is 0 Å². The summed E-state index contributed by atoms with van der Waals surface area (Å²) in [7, 11) is 0. The number of imide groups is 1. The predicted octanol–water partition coefficient (Wildman–Crippen LogP) is 4.22. The fourth-order valence-electron chi connectivity index (χ4n) is 2.80. The molecule has 0 aromatic heterocycles. The van der Waals surface area contributed by atoms with Gasteiger partial charge in [0.15, 0.2) is 0 Å². The monoisotopic (exact) mass is 475 g/mol. The minimum absolute atomic E-state index is 0.118. The minimum atomic E-state index is -1.03. The van der Waals surface area contributed by atoms with Crippen molar-refractivity contribution >= 4 is 52.5 Å². The molecule has 32 heavy (non-hydrogen) atoms. The van der Waals surface area contributed by atoms with E-state index in [1.807, 2.05) is 0 Å². The summed E-state index contributed by atoms with van der Waals surface area (Å²) in [6.45, 7) is 1.47. The number of carbonyl (C=O) groups excluding carboxylic acids is 3. The molecular weight excluding hydrogens is 458 g/mol. The molecule has 1 fully saturated rings. The Morgan fingerprint density at radius 3 is 2.66 bits per heavy atom. The van der Waals surface area contributed by atoms with E-state index < -0.39 is 29.6 Å². The number of rotatable bonds is 8. The molecule has 1 N–H and O–H groups in total. The highest BCUT2D eigenvalue weighted by Crippen LogP contribution is 2.34. The number of aromatic carboxylic acids is 1. The highest BCUT2D eigenvalue weighted by molar-refractivity contribution is 8.18. The van der Waals surface area contributed by atoms with Crippen molar-refractivity contribution in [3.05, 3.63) is 69.1 Å². The SMILES string of the molecule is CCOC(=O)CN1C(=O)S/C(=C\c2ccc(OCc3cccc(C(=O)O)c3)c(Cl)c2)C1=O. The van der Waals surface area contributed by atoms with E-state index >= 15 is 0 Å². The van der Waals surface area contributed by atoms with E-state index in [2.05, 4.69) is 0 Å². The van der Waals surface area contributed by atoms with E-state index in [4.69, 9.17) is 26.2 Å². The number of halogens is 1. The van der Waals surface area contributed by atoms with Gasteiger partial charge in [-0.2, -0.15) is 0 Å². The van der Waals surface area contributed by atoms with Crippen LogP contribution in [0.2, 0.25) is 5.02 Å². The van der Waals surface area contributed by atoms with Gasteiger partial charge in [-0.25, -0.2) is 4.79 Å². The molecule has 8 nitrogen and oxygen atoms in total. The number of thioether (sulfide) groups is 1. The number of amides is 2. The van der Waals surface area contributed by atoms with Gasteiger partial charge in [0.05, 0.1) is 22.1 Å². The van der Waals surface area contributed by atoms with Crippen LogP contribution in [0.5, 0.6) is 5.75 Å². The van der Waals surface area contributed by atoms with Gasteiger partial charge >= 0.3 is 11.9 Å². The molecule has 1 heterocycles. The lowest BCUT2D eigenvalue weighted by Gasteiger charge is -2.11. The van der Waals surface area contributed by atoms with Crippen LogP contribution in [0.15, 0.2) is 47.4 Å². The smallest absolute Gasteiger partial charge is 0.335 e. The summed E-state index contributed by atoms with van der Waals surface area (Å²) in [6, 6.07) is 11.2. The second-order valence-corrected chi connectivity index (χ2v) is 7.96. The van der Waals surface area contributed by atoms with E-state index in [0.29, 0.717) is 16.9 Å². The number of carbonyl (C=O) groups is 4. The summed E-state index contributed by atoms with van der Waals surface area (Å²) in [5, 5.41) is 8.79. The summed E-state index contributed by atoms with van der Waals surface area (Å²) in [5.41, 5.74) is 1.39. The standard InChI is InChI=1S/C22H18ClNO7S/c1-2-30-19(25)11-24-20(26)18(32-22(24)29)10-13-6-7-17(16(23)9-13)31-12-14-4-3-5-15(8-14)21(27)28/h3-10H,2,11-12H2,1H3,(H,27,28)/b18-10-. The Morgan fingerprint density at radius 1 is 1.19 bits per heavy atom. The predicted molar refractivity (Wildman–Crippen MR) is 118 cm³/mol. The molecule has 1 aliphatic heterocycles. The molecule has 3 rings (SSSR count). The molecule has 10 heteroatoms. The number of nitrogens with zero attached hydrogens (tertiary/aromatic N) is 1. The topological polar surface area (TPSA) is 110 Å². The van der Waals surface area contributed by atoms with Gasteiger partial charge in [-0.1, -0.05) is 29.8 Å². The first kappa shape index (κ1) is 23.4. The average molecular weight is 476 g/mol. The third-order valence-corrected chi connectivity index (χ3v) is 5.49. The minimum Gasteiger partial charge on any atom is -0.487 e. The molecular formula is C22H18ClNO7S. The number of esters is 1. The number of carboxylic acid groups (broad SMARTS) is 1. The number of benzene rings is 2. The Hall–Kier alpha value is -3.30. The van der Waals surface area contributed by atoms with Crippen LogP contribution in [0, 0.1) is 0 Å². The highest BCUT2D eigenvalue weighted by atomic mass is 35.5. The van der Waals surface area contributed by atoms with Crippen molar-refractivity contribution < 1.29 is 33.8 Å². The lowest BCUT2D eigenvalue weighted by molar-refractivity contribution is -0.145. The van der Waals surface area contributed by atoms with Crippen molar-refractivity contribution in [3.63, 3.8) is 0 Å². The fourth-order valence-corrected chi connectivity index (χ4v) is 3.88. The van der Waals surface area contributed by atoms with Crippen LogP contribution in [0.1, 0.15) is 28.4 Å². The normalized spacial score (nSPS) is 14.7. The second-order valence-electron chi connectivity index (χ2n) is 6.56. The van der Waals surface area contributed by atoms with Crippen molar-refractivity contribution in [2.45, 2.75) is 13.5 Å². The van der Waals surface area contributed by atoms with Crippen LogP contribution in [-0.4, -0.2) is 46.2 Å². The summed E-state index contributed by atoms with van der Waals surface area (Å²) >= 11 is 7.01. The maximum Gasteiger partial charge on any atom is 0.335 e. The van der Waals surface area contributed by atoms with E-state index in [-0.39, 0.29) is 28.7 Å². The van der Waals surface area contributed by atoms with Gasteiger partial charge in [0.1, 0.15) is 18.9 Å². The maximum absolute atomic E-state index is 12.5. The van der Waals surface area contributed by atoms with Crippen LogP contribution in [-0.2, 0) is 20.9 Å². The van der Waals surface area contributed by atoms with Crippen LogP contribution in [0.4, 0.5) is 4.79 Å². The average Bonchev–Trinajstić information content (AvgIpc) is 3.01. The van der Waals surface area contributed by atoms with Crippen molar-refractivity contribution in [2.75, 3.05) is 13.2 Å². The lowest BCUT2D eigenvalue weighted by atomic mass is 10.1. The first-order chi connectivity index (χ1) is 15.3. The Morgan fingerprint density at radius 2 is 1.97 bits per heavy atom. The Kier molecular flexibility index (Phi) is 7.55. The Labute approximate surface area is 192 Å². The molecule has 2 amide bonds. The molecule has 0 bridgehead atoms. The van der Waals surface area contributed by atoms with Crippen molar-refractivity contribution in [2.24, 2.45) is 0 Å². The molecule has 0 radical (unpaired) electrons. The molecule has 1 aliphatic rings. The van der Waals surface area contributed by atoms with Gasteiger partial charge in [0.25, 0.3) is 11.1 Å². The Bertz CT molecular complexity index is 1120. The number of hydrogen-bond donors (Lipinski definition) is 1. The third kappa shape index (κ3) is 5.68. The van der Waals surface area contributed by atoms with Crippen molar-refractivity contribution in [3.8, 4) is 5.75 Å². The number of carboxylic acids is 1. The maximum atomic E-state index is 12.5. The molecule has 2 aromatic carbocycles. The van der Waals surface area contributed by atoms with Crippen LogP contribution < -0.4 is 4.74 Å². The van der Waals surface area contributed by atoms with Crippen molar-refractivity contribution in [1.82, 2.24) is 4.90 Å². The molecule has 166 valence electrons. The fraction of sp³-hybridized carbons (Fsp3) is 0.182. The largest absolute Gasteiger partial charge is 0.487 e. The van der Waals surface area contributed by atoms with Crippen LogP contribution in [0.3, 0.4) is 0 Å². The van der Waals surface area contributed by atoms with Gasteiger partial charge in [-0.3, -0.25) is 19.3 Å². The zero-order valence-electron chi connectivity index (χ0n) is 16.9.